The molecule has 0 unspecified atom stereocenters. The molecule has 18 heavy (non-hydrogen) atoms. The fourth-order valence-electron chi connectivity index (χ4n) is 1.36. The van der Waals surface area contributed by atoms with Crippen LogP contribution >= 0.6 is 11.3 Å². The number of carbonyl (C=O) groups is 1. The summed E-state index contributed by atoms with van der Waals surface area (Å²) in [5.74, 6) is 5.22. The topological polar surface area (TPSA) is 78.0 Å². The number of aromatic amines is 1. The third kappa shape index (κ3) is 2.97. The lowest BCUT2D eigenvalue weighted by molar-refractivity contribution is 0.0946. The molecule has 0 aliphatic heterocycles. The molecule has 3 N–H and O–H groups in total. The summed E-state index contributed by atoms with van der Waals surface area (Å²) in [5.41, 5.74) is 1.26. The number of thiophene rings is 1. The van der Waals surface area contributed by atoms with Crippen molar-refractivity contribution in [3.8, 4) is 11.8 Å². The van der Waals surface area contributed by atoms with E-state index in [1.54, 1.807) is 6.07 Å². The Hall–Kier alpha value is -2.10. The molecule has 6 heteroatoms. The Kier molecular flexibility index (Phi) is 4.12. The van der Waals surface area contributed by atoms with Gasteiger partial charge in [0, 0.05) is 16.6 Å². The molecular weight excluding hydrogens is 250 g/mol. The Morgan fingerprint density at radius 1 is 1.56 bits per heavy atom. The number of hydrogen-bond acceptors (Lipinski definition) is 4. The number of aromatic nitrogens is 2. The minimum absolute atomic E-state index is 0.171. The first kappa shape index (κ1) is 12.4. The molecule has 0 radical (unpaired) electrons. The quantitative estimate of drug-likeness (QED) is 0.713. The fourth-order valence-corrected chi connectivity index (χ4v) is 2.13. The Labute approximate surface area is 108 Å². The molecule has 0 spiro atoms. The van der Waals surface area contributed by atoms with Crippen LogP contribution in [0.15, 0.2) is 23.7 Å². The number of H-pyrrole nitrogens is 1. The van der Waals surface area contributed by atoms with E-state index in [0.29, 0.717) is 12.2 Å². The first-order valence-corrected chi connectivity index (χ1v) is 6.13. The number of aliphatic hydroxyl groups excluding tert-OH is 1. The second-order valence-corrected chi connectivity index (χ2v) is 4.37. The molecule has 0 aromatic carbocycles. The molecule has 92 valence electrons. The largest absolute Gasteiger partial charge is 0.384 e. The van der Waals surface area contributed by atoms with Crippen LogP contribution in [0.25, 0.3) is 0 Å². The highest BCUT2D eigenvalue weighted by atomic mass is 32.1. The van der Waals surface area contributed by atoms with Gasteiger partial charge in [-0.3, -0.25) is 9.89 Å². The van der Waals surface area contributed by atoms with Gasteiger partial charge in [-0.25, -0.2) is 0 Å². The molecule has 2 aromatic heterocycles. The molecule has 0 saturated heterocycles. The van der Waals surface area contributed by atoms with E-state index in [4.69, 9.17) is 5.11 Å². The minimum atomic E-state index is -0.207. The van der Waals surface area contributed by atoms with Gasteiger partial charge in [0.15, 0.2) is 0 Å². The summed E-state index contributed by atoms with van der Waals surface area (Å²) >= 11 is 1.51. The molecule has 0 aliphatic rings. The lowest BCUT2D eigenvalue weighted by atomic mass is 10.2. The summed E-state index contributed by atoms with van der Waals surface area (Å²) in [6, 6.07) is 3.47. The van der Waals surface area contributed by atoms with Crippen LogP contribution in [-0.4, -0.2) is 27.8 Å². The zero-order valence-electron chi connectivity index (χ0n) is 9.43. The van der Waals surface area contributed by atoms with Crippen molar-refractivity contribution in [2.75, 3.05) is 6.61 Å². The van der Waals surface area contributed by atoms with Crippen LogP contribution in [-0.2, 0) is 6.54 Å². The maximum absolute atomic E-state index is 11.7. The zero-order valence-corrected chi connectivity index (χ0v) is 10.3. The van der Waals surface area contributed by atoms with Crippen molar-refractivity contribution < 1.29 is 9.90 Å². The van der Waals surface area contributed by atoms with Gasteiger partial charge >= 0.3 is 0 Å². The molecule has 1 amide bonds. The lowest BCUT2D eigenvalue weighted by Gasteiger charge is -2.02. The summed E-state index contributed by atoms with van der Waals surface area (Å²) in [6.45, 7) is 0.237. The number of nitrogens with one attached hydrogen (secondary N) is 2. The summed E-state index contributed by atoms with van der Waals surface area (Å²) in [5, 5.41) is 19.6. The first-order valence-electron chi connectivity index (χ1n) is 5.25. The fraction of sp³-hybridized carbons (Fsp3) is 0.167. The van der Waals surface area contributed by atoms with Gasteiger partial charge in [0.2, 0.25) is 0 Å². The number of carbonyl (C=O) groups excluding carboxylic acids is 1. The van der Waals surface area contributed by atoms with Crippen LogP contribution in [0.1, 0.15) is 20.9 Å². The van der Waals surface area contributed by atoms with E-state index in [0.717, 1.165) is 10.4 Å². The van der Waals surface area contributed by atoms with Crippen LogP contribution in [0.2, 0.25) is 0 Å². The van der Waals surface area contributed by atoms with Crippen molar-refractivity contribution >= 4 is 17.2 Å². The van der Waals surface area contributed by atoms with Crippen molar-refractivity contribution in [1.82, 2.24) is 15.5 Å². The van der Waals surface area contributed by atoms with Crippen LogP contribution in [0.3, 0.4) is 0 Å². The highest BCUT2D eigenvalue weighted by molar-refractivity contribution is 7.10. The molecule has 2 aromatic rings. The Balaban J connectivity index is 1.98. The Bertz CT molecular complexity index is 578. The summed E-state index contributed by atoms with van der Waals surface area (Å²) in [4.78, 5) is 12.6. The van der Waals surface area contributed by atoms with Gasteiger partial charge in [0.25, 0.3) is 5.91 Å². The molecule has 2 rings (SSSR count). The third-order valence-electron chi connectivity index (χ3n) is 2.20. The van der Waals surface area contributed by atoms with Gasteiger partial charge in [-0.2, -0.15) is 5.10 Å². The highest BCUT2D eigenvalue weighted by Gasteiger charge is 2.08. The second kappa shape index (κ2) is 6.00. The number of rotatable bonds is 3. The molecule has 0 fully saturated rings. The molecule has 5 nitrogen and oxygen atoms in total. The second-order valence-electron chi connectivity index (χ2n) is 3.37. The number of hydrogen-bond donors (Lipinski definition) is 3. The third-order valence-corrected chi connectivity index (χ3v) is 3.12. The van der Waals surface area contributed by atoms with Crippen molar-refractivity contribution in [2.24, 2.45) is 0 Å². The van der Waals surface area contributed by atoms with Gasteiger partial charge in [0.1, 0.15) is 12.3 Å². The van der Waals surface area contributed by atoms with E-state index in [1.807, 2.05) is 11.4 Å². The lowest BCUT2D eigenvalue weighted by Crippen LogP contribution is -2.23. The standard InChI is InChI=1S/C12H11N3O2S/c16-6-1-2-9-4-7-18-11(9)8-13-12(17)10-3-5-14-15-10/h3-5,7,16H,6,8H2,(H,13,17)(H,14,15). The predicted molar refractivity (Wildman–Crippen MR) is 68.0 cm³/mol. The molecule has 2 heterocycles. The molecule has 0 bridgehead atoms. The van der Waals surface area contributed by atoms with E-state index in [2.05, 4.69) is 27.4 Å². The van der Waals surface area contributed by atoms with Crippen molar-refractivity contribution in [2.45, 2.75) is 6.54 Å². The van der Waals surface area contributed by atoms with E-state index in [1.165, 1.54) is 17.5 Å². The van der Waals surface area contributed by atoms with Gasteiger partial charge in [0.05, 0.1) is 6.54 Å². The normalized spacial score (nSPS) is 9.61. The van der Waals surface area contributed by atoms with Crippen molar-refractivity contribution in [3.05, 3.63) is 39.8 Å². The maximum Gasteiger partial charge on any atom is 0.269 e. The Morgan fingerprint density at radius 3 is 3.17 bits per heavy atom. The summed E-state index contributed by atoms with van der Waals surface area (Å²) < 4.78 is 0. The number of aliphatic hydroxyl groups is 1. The van der Waals surface area contributed by atoms with Crippen LogP contribution in [0, 0.1) is 11.8 Å². The van der Waals surface area contributed by atoms with Crippen molar-refractivity contribution in [1.29, 1.82) is 0 Å². The minimum Gasteiger partial charge on any atom is -0.384 e. The van der Waals surface area contributed by atoms with Crippen LogP contribution in [0.5, 0.6) is 0 Å². The Morgan fingerprint density at radius 2 is 2.44 bits per heavy atom. The summed E-state index contributed by atoms with van der Waals surface area (Å²) in [6.07, 6.45) is 1.53. The zero-order chi connectivity index (χ0) is 12.8. The highest BCUT2D eigenvalue weighted by Crippen LogP contribution is 2.15. The molecular formula is C12H11N3O2S. The van der Waals surface area contributed by atoms with Gasteiger partial charge in [-0.05, 0) is 17.5 Å². The molecule has 0 atom stereocenters. The maximum atomic E-state index is 11.7. The van der Waals surface area contributed by atoms with Crippen molar-refractivity contribution in [3.63, 3.8) is 0 Å². The molecule has 0 aliphatic carbocycles. The van der Waals surface area contributed by atoms with Gasteiger partial charge in [-0.1, -0.05) is 11.8 Å². The average molecular weight is 261 g/mol. The van der Waals surface area contributed by atoms with E-state index < -0.39 is 0 Å². The van der Waals surface area contributed by atoms with Crippen LogP contribution < -0.4 is 5.32 Å². The smallest absolute Gasteiger partial charge is 0.269 e. The number of nitrogens with zero attached hydrogens (tertiary/aromatic N) is 1. The first-order chi connectivity index (χ1) is 8.81. The van der Waals surface area contributed by atoms with E-state index in [-0.39, 0.29) is 12.5 Å². The monoisotopic (exact) mass is 261 g/mol. The predicted octanol–water partition coefficient (Wildman–Crippen LogP) is 0.745. The van der Waals surface area contributed by atoms with E-state index in [9.17, 15) is 4.79 Å². The van der Waals surface area contributed by atoms with E-state index >= 15 is 0 Å². The SMILES string of the molecule is O=C(NCc1sccc1C#CCO)c1ccn[nH]1. The van der Waals surface area contributed by atoms with Crippen LogP contribution in [0.4, 0.5) is 0 Å². The van der Waals surface area contributed by atoms with Gasteiger partial charge < -0.3 is 10.4 Å². The summed E-state index contributed by atoms with van der Waals surface area (Å²) in [7, 11) is 0. The van der Waals surface area contributed by atoms with Gasteiger partial charge in [-0.15, -0.1) is 11.3 Å². The number of amides is 1. The average Bonchev–Trinajstić information content (AvgIpc) is 3.04. The molecule has 0 saturated carbocycles.